The fourth-order valence-corrected chi connectivity index (χ4v) is 3.85. The van der Waals surface area contributed by atoms with Crippen LogP contribution in [-0.4, -0.2) is 41.6 Å². The Kier molecular flexibility index (Phi) is 8.47. The SMILES string of the molecule is Cc1cccc(CN2CC(=O)NCCCCCOc3ccc(CCC(=O)O)cc3C2)c1. The van der Waals surface area contributed by atoms with E-state index in [-0.39, 0.29) is 12.3 Å². The number of ether oxygens (including phenoxy) is 1. The van der Waals surface area contributed by atoms with Crippen molar-refractivity contribution in [2.24, 2.45) is 0 Å². The number of hydrogen-bond acceptors (Lipinski definition) is 4. The van der Waals surface area contributed by atoms with Crippen LogP contribution in [0.3, 0.4) is 0 Å². The Morgan fingerprint density at radius 2 is 1.97 bits per heavy atom. The molecule has 0 saturated carbocycles. The third-order valence-corrected chi connectivity index (χ3v) is 5.40. The number of carbonyl (C=O) groups excluding carboxylic acids is 1. The maximum Gasteiger partial charge on any atom is 0.303 e. The third-order valence-electron chi connectivity index (χ3n) is 5.40. The molecule has 6 heteroatoms. The molecule has 2 aromatic rings. The van der Waals surface area contributed by atoms with Crippen LogP contribution < -0.4 is 10.1 Å². The normalized spacial score (nSPS) is 16.1. The van der Waals surface area contributed by atoms with Gasteiger partial charge in [0.05, 0.1) is 13.2 Å². The molecule has 0 unspecified atom stereocenters. The summed E-state index contributed by atoms with van der Waals surface area (Å²) in [5.74, 6) is 0.0300. The molecular weight excluding hydrogens is 392 g/mol. The predicted molar refractivity (Wildman–Crippen MR) is 120 cm³/mol. The number of benzene rings is 2. The average molecular weight is 425 g/mol. The summed E-state index contributed by atoms with van der Waals surface area (Å²) in [7, 11) is 0. The van der Waals surface area contributed by atoms with Gasteiger partial charge in [0.25, 0.3) is 0 Å². The van der Waals surface area contributed by atoms with Crippen LogP contribution in [0.1, 0.15) is 47.9 Å². The Labute approximate surface area is 184 Å². The molecule has 0 bridgehead atoms. The zero-order valence-corrected chi connectivity index (χ0v) is 18.2. The number of aryl methyl sites for hydroxylation is 2. The van der Waals surface area contributed by atoms with Gasteiger partial charge in [0, 0.05) is 31.6 Å². The quantitative estimate of drug-likeness (QED) is 0.765. The molecule has 1 amide bonds. The second-order valence-electron chi connectivity index (χ2n) is 8.23. The largest absolute Gasteiger partial charge is 0.493 e. The van der Waals surface area contributed by atoms with Gasteiger partial charge in [-0.1, -0.05) is 42.0 Å². The van der Waals surface area contributed by atoms with Crippen LogP contribution in [0, 0.1) is 6.92 Å². The van der Waals surface area contributed by atoms with Crippen molar-refractivity contribution in [1.82, 2.24) is 10.2 Å². The molecule has 0 fully saturated rings. The van der Waals surface area contributed by atoms with Crippen LogP contribution in [-0.2, 0) is 29.1 Å². The highest BCUT2D eigenvalue weighted by Gasteiger charge is 2.16. The number of rotatable bonds is 5. The van der Waals surface area contributed by atoms with E-state index >= 15 is 0 Å². The first-order valence-electron chi connectivity index (χ1n) is 11.0. The summed E-state index contributed by atoms with van der Waals surface area (Å²) < 4.78 is 6.08. The Morgan fingerprint density at radius 3 is 2.77 bits per heavy atom. The van der Waals surface area contributed by atoms with E-state index in [9.17, 15) is 9.59 Å². The van der Waals surface area contributed by atoms with Gasteiger partial charge in [0.1, 0.15) is 5.75 Å². The van der Waals surface area contributed by atoms with Crippen molar-refractivity contribution >= 4 is 11.9 Å². The average Bonchev–Trinajstić information content (AvgIpc) is 2.73. The summed E-state index contributed by atoms with van der Waals surface area (Å²) in [4.78, 5) is 25.7. The number of carboxylic acid groups (broad SMARTS) is 1. The van der Waals surface area contributed by atoms with Crippen molar-refractivity contribution in [1.29, 1.82) is 0 Å². The highest BCUT2D eigenvalue weighted by atomic mass is 16.5. The predicted octanol–water partition coefficient (Wildman–Crippen LogP) is 3.69. The minimum Gasteiger partial charge on any atom is -0.493 e. The molecule has 2 N–H and O–H groups in total. The zero-order chi connectivity index (χ0) is 22.1. The minimum absolute atomic E-state index is 0.0244. The summed E-state index contributed by atoms with van der Waals surface area (Å²) in [5, 5.41) is 12.1. The van der Waals surface area contributed by atoms with Crippen molar-refractivity contribution < 1.29 is 19.4 Å². The Bertz CT molecular complexity index is 897. The molecule has 0 aliphatic carbocycles. The first kappa shape index (κ1) is 22.8. The molecule has 0 spiro atoms. The lowest BCUT2D eigenvalue weighted by atomic mass is 10.0. The Balaban J connectivity index is 1.86. The molecular formula is C25H32N2O4. The van der Waals surface area contributed by atoms with E-state index in [1.54, 1.807) is 0 Å². The van der Waals surface area contributed by atoms with Crippen molar-refractivity contribution in [3.05, 3.63) is 64.7 Å². The lowest BCUT2D eigenvalue weighted by Crippen LogP contribution is -2.37. The summed E-state index contributed by atoms with van der Waals surface area (Å²) in [6, 6.07) is 14.2. The lowest BCUT2D eigenvalue weighted by molar-refractivity contribution is -0.137. The van der Waals surface area contributed by atoms with Gasteiger partial charge in [-0.15, -0.1) is 0 Å². The number of amides is 1. The molecule has 0 atom stereocenters. The third kappa shape index (κ3) is 7.72. The highest BCUT2D eigenvalue weighted by Crippen LogP contribution is 2.24. The van der Waals surface area contributed by atoms with Gasteiger partial charge in [-0.05, 0) is 49.8 Å². The number of hydrogen-bond donors (Lipinski definition) is 2. The highest BCUT2D eigenvalue weighted by molar-refractivity contribution is 5.78. The van der Waals surface area contributed by atoms with Crippen molar-refractivity contribution in [3.63, 3.8) is 0 Å². The molecule has 0 radical (unpaired) electrons. The second kappa shape index (κ2) is 11.5. The number of carbonyl (C=O) groups is 2. The van der Waals surface area contributed by atoms with Gasteiger partial charge in [0.15, 0.2) is 0 Å². The second-order valence-corrected chi connectivity index (χ2v) is 8.23. The Morgan fingerprint density at radius 1 is 1.10 bits per heavy atom. The fourth-order valence-electron chi connectivity index (χ4n) is 3.85. The lowest BCUT2D eigenvalue weighted by Gasteiger charge is -2.24. The maximum atomic E-state index is 12.6. The van der Waals surface area contributed by atoms with Gasteiger partial charge >= 0.3 is 5.97 Å². The molecule has 1 heterocycles. The number of nitrogens with zero attached hydrogens (tertiary/aromatic N) is 1. The molecule has 0 aromatic heterocycles. The van der Waals surface area contributed by atoms with Gasteiger partial charge in [-0.25, -0.2) is 0 Å². The van der Waals surface area contributed by atoms with Crippen LogP contribution >= 0.6 is 0 Å². The van der Waals surface area contributed by atoms with Gasteiger partial charge < -0.3 is 15.2 Å². The van der Waals surface area contributed by atoms with Gasteiger partial charge in [-0.3, -0.25) is 14.5 Å². The van der Waals surface area contributed by atoms with Crippen molar-refractivity contribution in [3.8, 4) is 5.75 Å². The topological polar surface area (TPSA) is 78.9 Å². The van der Waals surface area contributed by atoms with Crippen LogP contribution in [0.4, 0.5) is 0 Å². The van der Waals surface area contributed by atoms with E-state index in [4.69, 9.17) is 9.84 Å². The van der Waals surface area contributed by atoms with Crippen LogP contribution in [0.25, 0.3) is 0 Å². The van der Waals surface area contributed by atoms with Crippen molar-refractivity contribution in [2.75, 3.05) is 19.7 Å². The number of aliphatic carboxylic acids is 1. The molecule has 2 aromatic carbocycles. The molecule has 3 rings (SSSR count). The molecule has 0 saturated heterocycles. The van der Waals surface area contributed by atoms with Crippen molar-refractivity contribution in [2.45, 2.75) is 52.1 Å². The fraction of sp³-hybridized carbons (Fsp3) is 0.440. The van der Waals surface area contributed by atoms with Gasteiger partial charge in [-0.2, -0.15) is 0 Å². The summed E-state index contributed by atoms with van der Waals surface area (Å²) in [5.41, 5.74) is 4.30. The van der Waals surface area contributed by atoms with Gasteiger partial charge in [0.2, 0.25) is 5.91 Å². The Hall–Kier alpha value is -2.86. The first-order chi connectivity index (χ1) is 15.0. The molecule has 6 nitrogen and oxygen atoms in total. The van der Waals surface area contributed by atoms with E-state index in [2.05, 4.69) is 35.3 Å². The minimum atomic E-state index is -0.807. The van der Waals surface area contributed by atoms with E-state index in [1.807, 2.05) is 24.3 Å². The molecule has 1 aliphatic rings. The maximum absolute atomic E-state index is 12.6. The molecule has 31 heavy (non-hydrogen) atoms. The smallest absolute Gasteiger partial charge is 0.303 e. The van der Waals surface area contributed by atoms with E-state index in [1.165, 1.54) is 5.56 Å². The van der Waals surface area contributed by atoms with Crippen LogP contribution in [0.15, 0.2) is 42.5 Å². The monoisotopic (exact) mass is 424 g/mol. The van der Waals surface area contributed by atoms with E-state index < -0.39 is 5.97 Å². The van der Waals surface area contributed by atoms with Crippen LogP contribution in [0.5, 0.6) is 5.75 Å². The number of fused-ring (bicyclic) bond motifs is 1. The number of nitrogens with one attached hydrogen (secondary N) is 1. The van der Waals surface area contributed by atoms with E-state index in [0.717, 1.165) is 41.7 Å². The first-order valence-corrected chi connectivity index (χ1v) is 11.0. The standard InChI is InChI=1S/C25H32N2O4/c1-19-6-5-7-21(14-19)16-27-17-22-15-20(9-11-25(29)30)8-10-23(22)31-13-4-2-3-12-26-24(28)18-27/h5-8,10,14-15H,2-4,9,11-13,16-18H2,1H3,(H,26,28)(H,29,30). The number of carboxylic acids is 1. The van der Waals surface area contributed by atoms with E-state index in [0.29, 0.717) is 39.2 Å². The zero-order valence-electron chi connectivity index (χ0n) is 18.2. The molecule has 166 valence electrons. The van der Waals surface area contributed by atoms with Crippen LogP contribution in [0.2, 0.25) is 0 Å². The summed E-state index contributed by atoms with van der Waals surface area (Å²) >= 11 is 0. The summed E-state index contributed by atoms with van der Waals surface area (Å²) in [6.07, 6.45) is 3.44. The molecule has 1 aliphatic heterocycles. The summed E-state index contributed by atoms with van der Waals surface area (Å²) in [6.45, 7) is 4.88.